The summed E-state index contributed by atoms with van der Waals surface area (Å²) in [6.07, 6.45) is 1.13. The van der Waals surface area contributed by atoms with Crippen LogP contribution in [0.4, 0.5) is 0 Å². The van der Waals surface area contributed by atoms with Crippen molar-refractivity contribution in [1.29, 1.82) is 0 Å². The summed E-state index contributed by atoms with van der Waals surface area (Å²) >= 11 is 4.30. The van der Waals surface area contributed by atoms with Gasteiger partial charge in [0.15, 0.2) is 0 Å². The second kappa shape index (κ2) is 4.05. The maximum absolute atomic E-state index is 4.54. The van der Waals surface area contributed by atoms with Gasteiger partial charge in [-0.3, -0.25) is 0 Å². The van der Waals surface area contributed by atoms with Crippen LogP contribution in [-0.4, -0.2) is 9.55 Å². The van der Waals surface area contributed by atoms with Gasteiger partial charge in [-0.1, -0.05) is 19.1 Å². The van der Waals surface area contributed by atoms with E-state index in [1.54, 1.807) is 0 Å². The van der Waals surface area contributed by atoms with Crippen molar-refractivity contribution in [2.75, 3.05) is 0 Å². The summed E-state index contributed by atoms with van der Waals surface area (Å²) in [4.78, 5) is 4.54. The molecule has 0 spiro atoms. The van der Waals surface area contributed by atoms with Gasteiger partial charge >= 0.3 is 0 Å². The molecule has 0 saturated heterocycles. The van der Waals surface area contributed by atoms with Crippen LogP contribution in [0.1, 0.15) is 19.2 Å². The van der Waals surface area contributed by atoms with E-state index < -0.39 is 0 Å². The van der Waals surface area contributed by atoms with Gasteiger partial charge in [-0.15, -0.1) is 0 Å². The summed E-state index contributed by atoms with van der Waals surface area (Å²) in [5.74, 6) is 1.77. The molecule has 2 aromatic rings. The zero-order valence-corrected chi connectivity index (χ0v) is 9.17. The SMILES string of the molecule is CCCn1c(CS)nc2ccccc21. The second-order valence-corrected chi connectivity index (χ2v) is 3.64. The molecule has 1 heterocycles. The van der Waals surface area contributed by atoms with Crippen molar-refractivity contribution in [2.45, 2.75) is 25.6 Å². The van der Waals surface area contributed by atoms with Crippen molar-refractivity contribution >= 4 is 23.7 Å². The molecule has 0 saturated carbocycles. The molecule has 1 aromatic carbocycles. The number of para-hydroxylation sites is 2. The van der Waals surface area contributed by atoms with E-state index in [9.17, 15) is 0 Å². The maximum atomic E-state index is 4.54. The molecular weight excluding hydrogens is 192 g/mol. The van der Waals surface area contributed by atoms with Crippen LogP contribution in [0, 0.1) is 0 Å². The van der Waals surface area contributed by atoms with Crippen LogP contribution in [0.5, 0.6) is 0 Å². The molecule has 1 aromatic heterocycles. The standard InChI is InChI=1S/C11H14N2S/c1-2-7-13-10-6-4-3-5-9(10)12-11(13)8-14/h3-6,14H,2,7-8H2,1H3. The van der Waals surface area contributed by atoms with Crippen molar-refractivity contribution in [3.63, 3.8) is 0 Å². The fourth-order valence-electron chi connectivity index (χ4n) is 1.72. The molecule has 0 amide bonds. The lowest BCUT2D eigenvalue weighted by Gasteiger charge is -2.04. The molecule has 2 nitrogen and oxygen atoms in total. The van der Waals surface area contributed by atoms with Crippen LogP contribution < -0.4 is 0 Å². The number of fused-ring (bicyclic) bond motifs is 1. The average Bonchev–Trinajstić information content (AvgIpc) is 2.58. The van der Waals surface area contributed by atoms with Crippen LogP contribution in [0.3, 0.4) is 0 Å². The molecule has 0 N–H and O–H groups in total. The highest BCUT2D eigenvalue weighted by Gasteiger charge is 2.06. The molecular formula is C11H14N2S. The lowest BCUT2D eigenvalue weighted by atomic mass is 10.3. The summed E-state index contributed by atoms with van der Waals surface area (Å²) in [5, 5.41) is 0. The first kappa shape index (κ1) is 9.59. The Kier molecular flexibility index (Phi) is 2.77. The number of thiol groups is 1. The topological polar surface area (TPSA) is 17.8 Å². The highest BCUT2D eigenvalue weighted by atomic mass is 32.1. The third-order valence-corrected chi connectivity index (χ3v) is 2.61. The van der Waals surface area contributed by atoms with Crippen molar-refractivity contribution in [3.05, 3.63) is 30.1 Å². The highest BCUT2D eigenvalue weighted by molar-refractivity contribution is 7.79. The van der Waals surface area contributed by atoms with Crippen LogP contribution in [-0.2, 0) is 12.3 Å². The Morgan fingerprint density at radius 1 is 1.36 bits per heavy atom. The first-order valence-corrected chi connectivity index (χ1v) is 5.55. The Bertz CT molecular complexity index is 434. The molecule has 0 aliphatic rings. The zero-order valence-electron chi connectivity index (χ0n) is 8.27. The molecule has 14 heavy (non-hydrogen) atoms. The minimum Gasteiger partial charge on any atom is -0.327 e. The van der Waals surface area contributed by atoms with Gasteiger partial charge in [-0.05, 0) is 18.6 Å². The fraction of sp³-hybridized carbons (Fsp3) is 0.364. The summed E-state index contributed by atoms with van der Waals surface area (Å²) in [7, 11) is 0. The van der Waals surface area contributed by atoms with Gasteiger partial charge in [0, 0.05) is 12.3 Å². The van der Waals surface area contributed by atoms with Crippen molar-refractivity contribution in [2.24, 2.45) is 0 Å². The molecule has 0 fully saturated rings. The van der Waals surface area contributed by atoms with E-state index in [-0.39, 0.29) is 0 Å². The van der Waals surface area contributed by atoms with Gasteiger partial charge in [-0.2, -0.15) is 12.6 Å². The number of imidazole rings is 1. The molecule has 3 heteroatoms. The predicted molar refractivity (Wildman–Crippen MR) is 62.7 cm³/mol. The van der Waals surface area contributed by atoms with E-state index in [0.29, 0.717) is 5.75 Å². The molecule has 0 radical (unpaired) electrons. The van der Waals surface area contributed by atoms with E-state index in [2.05, 4.69) is 47.3 Å². The Balaban J connectivity index is 2.61. The third kappa shape index (κ3) is 1.52. The predicted octanol–water partition coefficient (Wildman–Crippen LogP) is 2.88. The summed E-state index contributed by atoms with van der Waals surface area (Å²) < 4.78 is 2.25. The number of rotatable bonds is 3. The minimum absolute atomic E-state index is 0.703. The van der Waals surface area contributed by atoms with Crippen LogP contribution in [0.2, 0.25) is 0 Å². The van der Waals surface area contributed by atoms with Crippen molar-refractivity contribution in [1.82, 2.24) is 9.55 Å². The first-order chi connectivity index (χ1) is 6.86. The Morgan fingerprint density at radius 3 is 2.86 bits per heavy atom. The number of aromatic nitrogens is 2. The monoisotopic (exact) mass is 206 g/mol. The van der Waals surface area contributed by atoms with E-state index in [4.69, 9.17) is 0 Å². The number of hydrogen-bond donors (Lipinski definition) is 1. The lowest BCUT2D eigenvalue weighted by molar-refractivity contribution is 0.673. The van der Waals surface area contributed by atoms with Crippen molar-refractivity contribution in [3.8, 4) is 0 Å². The highest BCUT2D eigenvalue weighted by Crippen LogP contribution is 2.17. The summed E-state index contributed by atoms with van der Waals surface area (Å²) in [6.45, 7) is 3.20. The minimum atomic E-state index is 0.703. The fourth-order valence-corrected chi connectivity index (χ4v) is 1.96. The van der Waals surface area contributed by atoms with Crippen LogP contribution in [0.25, 0.3) is 11.0 Å². The second-order valence-electron chi connectivity index (χ2n) is 3.33. The van der Waals surface area contributed by atoms with Gasteiger partial charge in [0.05, 0.1) is 11.0 Å². The summed E-state index contributed by atoms with van der Waals surface area (Å²) in [6, 6.07) is 8.24. The van der Waals surface area contributed by atoms with Gasteiger partial charge in [0.25, 0.3) is 0 Å². The zero-order chi connectivity index (χ0) is 9.97. The largest absolute Gasteiger partial charge is 0.327 e. The molecule has 2 rings (SSSR count). The smallest absolute Gasteiger partial charge is 0.119 e. The summed E-state index contributed by atoms with van der Waals surface area (Å²) in [5.41, 5.74) is 2.29. The molecule has 0 aliphatic heterocycles. The van der Waals surface area contributed by atoms with Crippen molar-refractivity contribution < 1.29 is 0 Å². The van der Waals surface area contributed by atoms with E-state index in [0.717, 1.165) is 24.3 Å². The molecule has 0 unspecified atom stereocenters. The van der Waals surface area contributed by atoms with Gasteiger partial charge in [0.1, 0.15) is 5.82 Å². The molecule has 0 aliphatic carbocycles. The average molecular weight is 206 g/mol. The van der Waals surface area contributed by atoms with E-state index in [1.807, 2.05) is 6.07 Å². The molecule has 0 bridgehead atoms. The van der Waals surface area contributed by atoms with Crippen LogP contribution >= 0.6 is 12.6 Å². The van der Waals surface area contributed by atoms with E-state index >= 15 is 0 Å². The van der Waals surface area contributed by atoms with Gasteiger partial charge in [-0.25, -0.2) is 4.98 Å². The lowest BCUT2D eigenvalue weighted by Crippen LogP contribution is -2.01. The Labute approximate surface area is 89.4 Å². The number of benzene rings is 1. The Hall–Kier alpha value is -0.960. The number of nitrogens with zero attached hydrogens (tertiary/aromatic N) is 2. The van der Waals surface area contributed by atoms with E-state index in [1.165, 1.54) is 5.52 Å². The quantitative estimate of drug-likeness (QED) is 0.764. The maximum Gasteiger partial charge on any atom is 0.119 e. The Morgan fingerprint density at radius 2 is 2.14 bits per heavy atom. The first-order valence-electron chi connectivity index (χ1n) is 4.91. The number of aryl methyl sites for hydroxylation is 1. The normalized spacial score (nSPS) is 11.0. The third-order valence-electron chi connectivity index (χ3n) is 2.32. The molecule has 0 atom stereocenters. The van der Waals surface area contributed by atoms with Crippen LogP contribution in [0.15, 0.2) is 24.3 Å². The van der Waals surface area contributed by atoms with Gasteiger partial charge < -0.3 is 4.57 Å². The number of hydrogen-bond acceptors (Lipinski definition) is 2. The molecule has 74 valence electrons. The van der Waals surface area contributed by atoms with Gasteiger partial charge in [0.2, 0.25) is 0 Å².